The molecule has 5 heteroatoms. The number of fused-ring (bicyclic) bond motifs is 1. The molecule has 2 aliphatic heterocycles. The van der Waals surface area contributed by atoms with Gasteiger partial charge in [0.1, 0.15) is 0 Å². The maximum Gasteiger partial charge on any atom is 0.304 e. The fourth-order valence-electron chi connectivity index (χ4n) is 3.25. The van der Waals surface area contributed by atoms with Crippen molar-refractivity contribution in [2.45, 2.75) is 23.8 Å². The smallest absolute Gasteiger partial charge is 0.304 e. The summed E-state index contributed by atoms with van der Waals surface area (Å²) in [4.78, 5) is 16.9. The van der Waals surface area contributed by atoms with Crippen LogP contribution < -0.4 is 0 Å². The standard InChI is InChI=1S/C16H22N2O2S/c19-16(20)5-7-17-8-10-18(11-9-17)14-6-12-21-15-4-2-1-3-13(14)15/h1-4,14H,5-12H2,(H,19,20). The summed E-state index contributed by atoms with van der Waals surface area (Å²) in [5.41, 5.74) is 1.48. The number of hydrogen-bond acceptors (Lipinski definition) is 4. The Kier molecular flexibility index (Phi) is 4.83. The minimum absolute atomic E-state index is 0.253. The highest BCUT2D eigenvalue weighted by molar-refractivity contribution is 7.99. The predicted octanol–water partition coefficient (Wildman–Crippen LogP) is 2.32. The van der Waals surface area contributed by atoms with Crippen molar-refractivity contribution in [1.29, 1.82) is 0 Å². The zero-order valence-electron chi connectivity index (χ0n) is 12.2. The van der Waals surface area contributed by atoms with Gasteiger partial charge in [-0.1, -0.05) is 18.2 Å². The van der Waals surface area contributed by atoms with E-state index >= 15 is 0 Å². The number of thioether (sulfide) groups is 1. The Bertz CT molecular complexity index is 501. The number of rotatable bonds is 4. The minimum atomic E-state index is -0.698. The number of piperazine rings is 1. The minimum Gasteiger partial charge on any atom is -0.481 e. The van der Waals surface area contributed by atoms with E-state index in [1.165, 1.54) is 22.6 Å². The third-order valence-corrected chi connectivity index (χ3v) is 5.54. The van der Waals surface area contributed by atoms with Crippen molar-refractivity contribution in [3.8, 4) is 0 Å². The summed E-state index contributed by atoms with van der Waals surface area (Å²) in [5, 5.41) is 8.77. The first-order chi connectivity index (χ1) is 10.2. The van der Waals surface area contributed by atoms with Crippen LogP contribution in [0, 0.1) is 0 Å². The van der Waals surface area contributed by atoms with E-state index < -0.39 is 5.97 Å². The van der Waals surface area contributed by atoms with Gasteiger partial charge in [0, 0.05) is 43.7 Å². The first kappa shape index (κ1) is 14.9. The molecule has 0 aromatic heterocycles. The van der Waals surface area contributed by atoms with E-state index in [1.807, 2.05) is 11.8 Å². The van der Waals surface area contributed by atoms with E-state index in [1.54, 1.807) is 0 Å². The molecule has 0 spiro atoms. The number of nitrogens with zero attached hydrogens (tertiary/aromatic N) is 2. The molecule has 0 aliphatic carbocycles. The molecule has 2 heterocycles. The van der Waals surface area contributed by atoms with Crippen LogP contribution in [0.25, 0.3) is 0 Å². The predicted molar refractivity (Wildman–Crippen MR) is 84.8 cm³/mol. The SMILES string of the molecule is O=C(O)CCN1CCN(C2CCSc3ccccc32)CC1. The van der Waals surface area contributed by atoms with Crippen molar-refractivity contribution in [3.63, 3.8) is 0 Å². The van der Waals surface area contributed by atoms with E-state index in [9.17, 15) is 4.79 Å². The van der Waals surface area contributed by atoms with Gasteiger partial charge >= 0.3 is 5.97 Å². The lowest BCUT2D eigenvalue weighted by molar-refractivity contribution is -0.137. The molecule has 1 aromatic carbocycles. The second kappa shape index (κ2) is 6.81. The Morgan fingerprint density at radius 1 is 1.24 bits per heavy atom. The summed E-state index contributed by atoms with van der Waals surface area (Å²) in [5.74, 6) is 0.497. The fourth-order valence-corrected chi connectivity index (χ4v) is 4.36. The fraction of sp³-hybridized carbons (Fsp3) is 0.562. The monoisotopic (exact) mass is 306 g/mol. The third-order valence-electron chi connectivity index (χ3n) is 4.42. The van der Waals surface area contributed by atoms with Gasteiger partial charge in [0.15, 0.2) is 0 Å². The van der Waals surface area contributed by atoms with E-state index in [-0.39, 0.29) is 6.42 Å². The molecule has 3 rings (SSSR count). The second-order valence-electron chi connectivity index (χ2n) is 5.71. The Morgan fingerprint density at radius 2 is 2.00 bits per heavy atom. The highest BCUT2D eigenvalue weighted by Gasteiger charge is 2.28. The lowest BCUT2D eigenvalue weighted by Crippen LogP contribution is -2.48. The van der Waals surface area contributed by atoms with Gasteiger partial charge in [-0.05, 0) is 23.8 Å². The first-order valence-electron chi connectivity index (χ1n) is 7.64. The van der Waals surface area contributed by atoms with Crippen molar-refractivity contribution < 1.29 is 9.90 Å². The highest BCUT2D eigenvalue weighted by atomic mass is 32.2. The molecule has 1 atom stereocenters. The second-order valence-corrected chi connectivity index (χ2v) is 6.85. The van der Waals surface area contributed by atoms with Crippen LogP contribution in [0.3, 0.4) is 0 Å². The first-order valence-corrected chi connectivity index (χ1v) is 8.62. The molecule has 1 N–H and O–H groups in total. The Balaban J connectivity index is 1.59. The largest absolute Gasteiger partial charge is 0.481 e. The average Bonchev–Trinajstić information content (AvgIpc) is 2.53. The van der Waals surface area contributed by atoms with Crippen molar-refractivity contribution in [2.75, 3.05) is 38.5 Å². The van der Waals surface area contributed by atoms with Crippen LogP contribution in [0.2, 0.25) is 0 Å². The summed E-state index contributed by atoms with van der Waals surface area (Å²) in [6.07, 6.45) is 1.47. The quantitative estimate of drug-likeness (QED) is 0.925. The molecule has 4 nitrogen and oxygen atoms in total. The normalized spacial score (nSPS) is 23.7. The van der Waals surface area contributed by atoms with Crippen LogP contribution in [0.4, 0.5) is 0 Å². The maximum absolute atomic E-state index is 10.7. The lowest BCUT2D eigenvalue weighted by atomic mass is 10.0. The van der Waals surface area contributed by atoms with Gasteiger partial charge < -0.3 is 10.0 Å². The molecule has 0 amide bonds. The maximum atomic E-state index is 10.7. The molecule has 0 bridgehead atoms. The highest BCUT2D eigenvalue weighted by Crippen LogP contribution is 2.39. The molecular weight excluding hydrogens is 284 g/mol. The Morgan fingerprint density at radius 3 is 2.76 bits per heavy atom. The molecule has 1 aromatic rings. The van der Waals surface area contributed by atoms with Gasteiger partial charge in [-0.25, -0.2) is 0 Å². The molecule has 1 unspecified atom stereocenters. The van der Waals surface area contributed by atoms with Crippen LogP contribution in [-0.2, 0) is 4.79 Å². The zero-order valence-corrected chi connectivity index (χ0v) is 13.0. The lowest BCUT2D eigenvalue weighted by Gasteiger charge is -2.41. The number of carboxylic acids is 1. The van der Waals surface area contributed by atoms with Crippen LogP contribution in [0.5, 0.6) is 0 Å². The topological polar surface area (TPSA) is 43.8 Å². The Labute approximate surface area is 130 Å². The van der Waals surface area contributed by atoms with Crippen molar-refractivity contribution in [1.82, 2.24) is 9.80 Å². The van der Waals surface area contributed by atoms with E-state index in [2.05, 4.69) is 34.1 Å². The van der Waals surface area contributed by atoms with E-state index in [0.717, 1.165) is 26.2 Å². The zero-order chi connectivity index (χ0) is 14.7. The Hall–Kier alpha value is -1.04. The van der Waals surface area contributed by atoms with Crippen molar-refractivity contribution in [3.05, 3.63) is 29.8 Å². The summed E-state index contributed by atoms with van der Waals surface area (Å²) in [6, 6.07) is 9.31. The van der Waals surface area contributed by atoms with Crippen LogP contribution in [0.1, 0.15) is 24.4 Å². The van der Waals surface area contributed by atoms with E-state index in [0.29, 0.717) is 12.6 Å². The van der Waals surface area contributed by atoms with Gasteiger partial charge in [0.05, 0.1) is 6.42 Å². The van der Waals surface area contributed by atoms with Gasteiger partial charge in [0.2, 0.25) is 0 Å². The van der Waals surface area contributed by atoms with Gasteiger partial charge in [0.25, 0.3) is 0 Å². The van der Waals surface area contributed by atoms with E-state index in [4.69, 9.17) is 5.11 Å². The number of carbonyl (C=O) groups is 1. The summed E-state index contributed by atoms with van der Waals surface area (Å²) in [6.45, 7) is 4.74. The molecule has 21 heavy (non-hydrogen) atoms. The van der Waals surface area contributed by atoms with Crippen molar-refractivity contribution >= 4 is 17.7 Å². The third kappa shape index (κ3) is 3.59. The molecule has 0 radical (unpaired) electrons. The van der Waals surface area contributed by atoms with Crippen molar-refractivity contribution in [2.24, 2.45) is 0 Å². The molecule has 0 saturated carbocycles. The average molecular weight is 306 g/mol. The summed E-state index contributed by atoms with van der Waals surface area (Å²) < 4.78 is 0. The van der Waals surface area contributed by atoms with Crippen LogP contribution in [0.15, 0.2) is 29.2 Å². The molecule has 1 fully saturated rings. The van der Waals surface area contributed by atoms with Crippen LogP contribution >= 0.6 is 11.8 Å². The summed E-state index contributed by atoms with van der Waals surface area (Å²) >= 11 is 1.97. The molecule has 1 saturated heterocycles. The number of benzene rings is 1. The molecule has 2 aliphatic rings. The van der Waals surface area contributed by atoms with Gasteiger partial charge in [-0.2, -0.15) is 0 Å². The van der Waals surface area contributed by atoms with Gasteiger partial charge in [-0.3, -0.25) is 9.69 Å². The summed E-state index contributed by atoms with van der Waals surface area (Å²) in [7, 11) is 0. The number of hydrogen-bond donors (Lipinski definition) is 1. The number of aliphatic carboxylic acids is 1. The van der Waals surface area contributed by atoms with Crippen LogP contribution in [-0.4, -0.2) is 59.4 Å². The van der Waals surface area contributed by atoms with Gasteiger partial charge in [-0.15, -0.1) is 11.8 Å². The molecular formula is C16H22N2O2S. The molecule has 114 valence electrons. The number of carboxylic acid groups (broad SMARTS) is 1.